The molecule has 0 unspecified atom stereocenters. The van der Waals surface area contributed by atoms with E-state index in [9.17, 15) is 4.79 Å². The maximum atomic E-state index is 11.3. The van der Waals surface area contributed by atoms with Crippen LogP contribution >= 0.6 is 11.6 Å². The molecule has 1 atom stereocenters. The van der Waals surface area contributed by atoms with Crippen molar-refractivity contribution < 1.29 is 4.79 Å². The van der Waals surface area contributed by atoms with Crippen LogP contribution in [0, 0.1) is 5.92 Å². The molecule has 0 spiro atoms. The van der Waals surface area contributed by atoms with Gasteiger partial charge in [-0.05, 0) is 36.8 Å². The SMILES string of the molecule is CC(=O)N1CCC[C@@H](Cc2ccc(Cl)nc2)C1. The third-order valence-electron chi connectivity index (χ3n) is 3.28. The molecule has 1 saturated heterocycles. The smallest absolute Gasteiger partial charge is 0.219 e. The Kier molecular flexibility index (Phi) is 4.00. The maximum absolute atomic E-state index is 11.3. The average molecular weight is 253 g/mol. The van der Waals surface area contributed by atoms with Gasteiger partial charge in [0.05, 0.1) is 0 Å². The number of nitrogens with zero attached hydrogens (tertiary/aromatic N) is 2. The molecule has 0 saturated carbocycles. The molecular weight excluding hydrogens is 236 g/mol. The van der Waals surface area contributed by atoms with E-state index in [1.165, 1.54) is 12.0 Å². The zero-order valence-corrected chi connectivity index (χ0v) is 10.8. The van der Waals surface area contributed by atoms with Crippen molar-refractivity contribution in [2.24, 2.45) is 5.92 Å². The molecule has 3 nitrogen and oxygen atoms in total. The first kappa shape index (κ1) is 12.4. The van der Waals surface area contributed by atoms with E-state index in [0.29, 0.717) is 11.1 Å². The van der Waals surface area contributed by atoms with Crippen LogP contribution < -0.4 is 0 Å². The Morgan fingerprint density at radius 2 is 2.41 bits per heavy atom. The lowest BCUT2D eigenvalue weighted by molar-refractivity contribution is -0.130. The Labute approximate surface area is 107 Å². The summed E-state index contributed by atoms with van der Waals surface area (Å²) in [6.45, 7) is 3.43. The standard InChI is InChI=1S/C13H17ClN2O/c1-10(17)16-6-2-3-12(9-16)7-11-4-5-13(14)15-8-11/h4-5,8,12H,2-3,6-7,9H2,1H3/t12-/m0/s1. The van der Waals surface area contributed by atoms with Crippen molar-refractivity contribution in [3.8, 4) is 0 Å². The summed E-state index contributed by atoms with van der Waals surface area (Å²) in [5.74, 6) is 0.736. The first-order valence-corrected chi connectivity index (χ1v) is 6.39. The zero-order valence-electron chi connectivity index (χ0n) is 10.0. The zero-order chi connectivity index (χ0) is 12.3. The van der Waals surface area contributed by atoms with Crippen molar-refractivity contribution in [2.75, 3.05) is 13.1 Å². The van der Waals surface area contributed by atoms with Crippen LogP contribution in [-0.4, -0.2) is 28.9 Å². The van der Waals surface area contributed by atoms with Crippen molar-refractivity contribution in [1.29, 1.82) is 0 Å². The third-order valence-corrected chi connectivity index (χ3v) is 3.50. The second kappa shape index (κ2) is 5.50. The summed E-state index contributed by atoms with van der Waals surface area (Å²) >= 11 is 5.76. The average Bonchev–Trinajstić information content (AvgIpc) is 2.32. The van der Waals surface area contributed by atoms with Gasteiger partial charge in [0.25, 0.3) is 0 Å². The molecule has 1 aromatic rings. The van der Waals surface area contributed by atoms with Gasteiger partial charge < -0.3 is 4.90 Å². The third kappa shape index (κ3) is 3.43. The molecule has 0 radical (unpaired) electrons. The molecule has 1 aromatic heterocycles. The van der Waals surface area contributed by atoms with Crippen LogP contribution in [0.15, 0.2) is 18.3 Å². The number of piperidine rings is 1. The van der Waals surface area contributed by atoms with Crippen molar-refractivity contribution in [3.63, 3.8) is 0 Å². The van der Waals surface area contributed by atoms with Gasteiger partial charge in [-0.3, -0.25) is 4.79 Å². The topological polar surface area (TPSA) is 33.2 Å². The van der Waals surface area contributed by atoms with E-state index in [-0.39, 0.29) is 5.91 Å². The highest BCUT2D eigenvalue weighted by atomic mass is 35.5. The Bertz CT molecular complexity index is 391. The molecule has 1 fully saturated rings. The molecule has 4 heteroatoms. The molecule has 92 valence electrons. The predicted octanol–water partition coefficient (Wildman–Crippen LogP) is 2.54. The quantitative estimate of drug-likeness (QED) is 0.758. The lowest BCUT2D eigenvalue weighted by Crippen LogP contribution is -2.39. The van der Waals surface area contributed by atoms with Gasteiger partial charge in [-0.15, -0.1) is 0 Å². The minimum absolute atomic E-state index is 0.184. The molecule has 2 heterocycles. The van der Waals surface area contributed by atoms with Crippen LogP contribution in [0.4, 0.5) is 0 Å². The summed E-state index contributed by atoms with van der Waals surface area (Å²) in [6.07, 6.45) is 5.10. The van der Waals surface area contributed by atoms with Gasteiger partial charge in [-0.25, -0.2) is 4.98 Å². The minimum Gasteiger partial charge on any atom is -0.343 e. The summed E-state index contributed by atoms with van der Waals surface area (Å²) < 4.78 is 0. The van der Waals surface area contributed by atoms with Crippen molar-refractivity contribution >= 4 is 17.5 Å². The summed E-state index contributed by atoms with van der Waals surface area (Å²) in [7, 11) is 0. The van der Waals surface area contributed by atoms with E-state index in [0.717, 1.165) is 25.9 Å². The summed E-state index contributed by atoms with van der Waals surface area (Å²) in [5.41, 5.74) is 1.20. The molecule has 1 aliphatic heterocycles. The number of aromatic nitrogens is 1. The predicted molar refractivity (Wildman–Crippen MR) is 67.9 cm³/mol. The Hall–Kier alpha value is -1.09. The van der Waals surface area contributed by atoms with Crippen molar-refractivity contribution in [1.82, 2.24) is 9.88 Å². The van der Waals surface area contributed by atoms with Gasteiger partial charge in [-0.2, -0.15) is 0 Å². The van der Waals surface area contributed by atoms with E-state index in [1.54, 1.807) is 6.92 Å². The summed E-state index contributed by atoms with van der Waals surface area (Å²) in [4.78, 5) is 17.4. The number of carbonyl (C=O) groups excluding carboxylic acids is 1. The maximum Gasteiger partial charge on any atom is 0.219 e. The second-order valence-electron chi connectivity index (χ2n) is 4.67. The molecule has 1 aliphatic rings. The molecule has 0 aromatic carbocycles. The highest BCUT2D eigenvalue weighted by Gasteiger charge is 2.21. The van der Waals surface area contributed by atoms with Crippen LogP contribution in [0.25, 0.3) is 0 Å². The number of hydrogen-bond acceptors (Lipinski definition) is 2. The molecular formula is C13H17ClN2O. The van der Waals surface area contributed by atoms with E-state index < -0.39 is 0 Å². The fraction of sp³-hybridized carbons (Fsp3) is 0.538. The van der Waals surface area contributed by atoms with E-state index in [1.807, 2.05) is 23.2 Å². The second-order valence-corrected chi connectivity index (χ2v) is 5.05. The van der Waals surface area contributed by atoms with Crippen molar-refractivity contribution in [2.45, 2.75) is 26.2 Å². The van der Waals surface area contributed by atoms with Gasteiger partial charge in [0, 0.05) is 26.2 Å². The molecule has 0 bridgehead atoms. The van der Waals surface area contributed by atoms with Crippen molar-refractivity contribution in [3.05, 3.63) is 29.0 Å². The van der Waals surface area contributed by atoms with Gasteiger partial charge in [-0.1, -0.05) is 17.7 Å². The minimum atomic E-state index is 0.184. The number of hydrogen-bond donors (Lipinski definition) is 0. The Balaban J connectivity index is 1.94. The Morgan fingerprint density at radius 3 is 3.06 bits per heavy atom. The van der Waals surface area contributed by atoms with E-state index in [2.05, 4.69) is 4.98 Å². The van der Waals surface area contributed by atoms with Gasteiger partial charge in [0.1, 0.15) is 5.15 Å². The fourth-order valence-electron chi connectivity index (χ4n) is 2.38. The fourth-order valence-corrected chi connectivity index (χ4v) is 2.49. The molecule has 1 amide bonds. The molecule has 0 aliphatic carbocycles. The van der Waals surface area contributed by atoms with E-state index >= 15 is 0 Å². The molecule has 0 N–H and O–H groups in total. The largest absolute Gasteiger partial charge is 0.343 e. The van der Waals surface area contributed by atoms with E-state index in [4.69, 9.17) is 11.6 Å². The van der Waals surface area contributed by atoms with Gasteiger partial charge in [0.15, 0.2) is 0 Å². The number of likely N-dealkylation sites (tertiary alicyclic amines) is 1. The van der Waals surface area contributed by atoms with Crippen LogP contribution in [0.2, 0.25) is 5.15 Å². The first-order chi connectivity index (χ1) is 8.15. The summed E-state index contributed by atoms with van der Waals surface area (Å²) in [6, 6.07) is 3.84. The molecule has 2 rings (SSSR count). The summed E-state index contributed by atoms with van der Waals surface area (Å²) in [5, 5.41) is 0.530. The van der Waals surface area contributed by atoms with Gasteiger partial charge in [0.2, 0.25) is 5.91 Å². The number of pyridine rings is 1. The van der Waals surface area contributed by atoms with Crippen LogP contribution in [-0.2, 0) is 11.2 Å². The lowest BCUT2D eigenvalue weighted by Gasteiger charge is -2.32. The Morgan fingerprint density at radius 1 is 1.59 bits per heavy atom. The van der Waals surface area contributed by atoms with Crippen LogP contribution in [0.3, 0.4) is 0 Å². The highest BCUT2D eigenvalue weighted by molar-refractivity contribution is 6.29. The molecule has 17 heavy (non-hydrogen) atoms. The highest BCUT2D eigenvalue weighted by Crippen LogP contribution is 2.21. The van der Waals surface area contributed by atoms with Crippen LogP contribution in [0.1, 0.15) is 25.3 Å². The number of halogens is 1. The van der Waals surface area contributed by atoms with Gasteiger partial charge >= 0.3 is 0 Å². The number of amides is 1. The normalized spacial score (nSPS) is 20.4. The number of carbonyl (C=O) groups is 1. The number of rotatable bonds is 2. The van der Waals surface area contributed by atoms with Crippen LogP contribution in [0.5, 0.6) is 0 Å². The lowest BCUT2D eigenvalue weighted by atomic mass is 9.92. The first-order valence-electron chi connectivity index (χ1n) is 6.01. The monoisotopic (exact) mass is 252 g/mol.